The molecule has 1 rings (SSSR count). The summed E-state index contributed by atoms with van der Waals surface area (Å²) < 4.78 is 21.4. The minimum absolute atomic E-state index is 0.0924. The zero-order valence-corrected chi connectivity index (χ0v) is 11.9. The second-order valence-corrected chi connectivity index (χ2v) is 6.24. The minimum atomic E-state index is -3.51. The molecule has 0 aromatic heterocycles. The van der Waals surface area contributed by atoms with Crippen LogP contribution < -0.4 is 10.5 Å². The number of nitrogens with zero attached hydrogens (tertiary/aromatic N) is 1. The molecule has 19 heavy (non-hydrogen) atoms. The Balaban J connectivity index is 2.72. The summed E-state index contributed by atoms with van der Waals surface area (Å²) in [7, 11) is -3.51. The Bertz CT molecular complexity index is 568. The van der Waals surface area contributed by atoms with Gasteiger partial charge in [-0.15, -0.1) is 0 Å². The van der Waals surface area contributed by atoms with Crippen molar-refractivity contribution in [2.75, 3.05) is 17.6 Å². The second kappa shape index (κ2) is 6.38. The molecule has 0 spiro atoms. The monoisotopic (exact) mass is 327 g/mol. The van der Waals surface area contributed by atoms with E-state index in [2.05, 4.69) is 5.32 Å². The molecule has 0 bridgehead atoms. The summed E-state index contributed by atoms with van der Waals surface area (Å²) in [5, 5.41) is 18.4. The Hall–Kier alpha value is -1.09. The Morgan fingerprint density at radius 3 is 2.26 bits per heavy atom. The smallest absolute Gasteiger partial charge is 0.272 e. The van der Waals surface area contributed by atoms with Gasteiger partial charge in [-0.25, -0.2) is 13.6 Å². The lowest BCUT2D eigenvalue weighted by atomic mass is 10.2. The second-order valence-electron chi connectivity index (χ2n) is 3.69. The third kappa shape index (κ3) is 5.19. The summed E-state index contributed by atoms with van der Waals surface area (Å²) >= 11 is 11.7. The molecule has 0 heterocycles. The van der Waals surface area contributed by atoms with E-state index >= 15 is 0 Å². The summed E-state index contributed by atoms with van der Waals surface area (Å²) in [4.78, 5) is 9.97. The highest BCUT2D eigenvalue weighted by Crippen LogP contribution is 2.34. The number of nitrogens with one attached hydrogen (secondary N) is 1. The Kier molecular flexibility index (Phi) is 5.36. The molecule has 1 aromatic carbocycles. The first-order chi connectivity index (χ1) is 8.70. The SMILES string of the molecule is NS(=O)(=O)CCCNc1c(Cl)cc([N+](=O)[O-])cc1Cl. The van der Waals surface area contributed by atoms with Crippen molar-refractivity contribution in [2.24, 2.45) is 5.14 Å². The largest absolute Gasteiger partial charge is 0.383 e. The number of nitrogens with two attached hydrogens (primary N) is 1. The van der Waals surface area contributed by atoms with Crippen molar-refractivity contribution in [2.45, 2.75) is 6.42 Å². The van der Waals surface area contributed by atoms with Crippen LogP contribution in [0.1, 0.15) is 6.42 Å². The van der Waals surface area contributed by atoms with Crippen LogP contribution in [-0.4, -0.2) is 25.6 Å². The predicted octanol–water partition coefficient (Wildman–Crippen LogP) is 1.99. The van der Waals surface area contributed by atoms with E-state index in [1.54, 1.807) is 0 Å². The predicted molar refractivity (Wildman–Crippen MR) is 74.2 cm³/mol. The fourth-order valence-electron chi connectivity index (χ4n) is 1.32. The van der Waals surface area contributed by atoms with Gasteiger partial charge >= 0.3 is 0 Å². The van der Waals surface area contributed by atoms with Gasteiger partial charge in [0.15, 0.2) is 0 Å². The number of primary sulfonamides is 1. The van der Waals surface area contributed by atoms with Crippen molar-refractivity contribution >= 4 is 44.6 Å². The first kappa shape index (κ1) is 16.0. The molecule has 1 aromatic rings. The number of nitro benzene ring substituents is 1. The minimum Gasteiger partial charge on any atom is -0.383 e. The van der Waals surface area contributed by atoms with Crippen LogP contribution in [0.25, 0.3) is 0 Å². The molecule has 0 amide bonds. The molecule has 0 unspecified atom stereocenters. The summed E-state index contributed by atoms with van der Waals surface area (Å²) in [6.45, 7) is 0.272. The lowest BCUT2D eigenvalue weighted by Gasteiger charge is -2.09. The van der Waals surface area contributed by atoms with Crippen LogP contribution in [0.4, 0.5) is 11.4 Å². The van der Waals surface area contributed by atoms with Gasteiger partial charge in [-0.1, -0.05) is 23.2 Å². The third-order valence-corrected chi connectivity index (χ3v) is 3.60. The number of halogens is 2. The number of benzene rings is 1. The van der Waals surface area contributed by atoms with Crippen molar-refractivity contribution < 1.29 is 13.3 Å². The van der Waals surface area contributed by atoms with Gasteiger partial charge in [0.25, 0.3) is 5.69 Å². The van der Waals surface area contributed by atoms with Gasteiger partial charge in [0.05, 0.1) is 26.4 Å². The lowest BCUT2D eigenvalue weighted by Crippen LogP contribution is -2.18. The van der Waals surface area contributed by atoms with Gasteiger partial charge in [0.2, 0.25) is 10.0 Å². The Morgan fingerprint density at radius 2 is 1.84 bits per heavy atom. The van der Waals surface area contributed by atoms with E-state index in [1.165, 1.54) is 0 Å². The van der Waals surface area contributed by atoms with E-state index in [0.29, 0.717) is 5.69 Å². The molecule has 106 valence electrons. The normalized spacial score (nSPS) is 11.3. The molecule has 0 aliphatic carbocycles. The molecule has 0 atom stereocenters. The van der Waals surface area contributed by atoms with Crippen LogP contribution in [0.5, 0.6) is 0 Å². The van der Waals surface area contributed by atoms with Crippen LogP contribution in [0.2, 0.25) is 10.0 Å². The number of sulfonamides is 1. The molecule has 7 nitrogen and oxygen atoms in total. The van der Waals surface area contributed by atoms with E-state index < -0.39 is 14.9 Å². The summed E-state index contributed by atoms with van der Waals surface area (Å²) in [5.41, 5.74) is 0.105. The summed E-state index contributed by atoms with van der Waals surface area (Å²) in [5.74, 6) is -0.178. The van der Waals surface area contributed by atoms with Crippen molar-refractivity contribution in [1.82, 2.24) is 0 Å². The summed E-state index contributed by atoms with van der Waals surface area (Å²) in [6.07, 6.45) is 0.266. The standard InChI is InChI=1S/C9H11Cl2N3O4S/c10-7-4-6(14(15)16)5-8(11)9(7)13-2-1-3-19(12,17)18/h4-5,13H,1-3H2,(H2,12,17,18). The number of non-ortho nitro benzene ring substituents is 1. The maximum absolute atomic E-state index is 10.7. The van der Waals surface area contributed by atoms with Gasteiger partial charge < -0.3 is 5.32 Å². The maximum atomic E-state index is 10.7. The summed E-state index contributed by atoms with van der Waals surface area (Å²) in [6, 6.07) is 2.32. The zero-order chi connectivity index (χ0) is 14.6. The molecule has 0 fully saturated rings. The molecule has 0 aliphatic rings. The van der Waals surface area contributed by atoms with Gasteiger partial charge in [0, 0.05) is 18.7 Å². The molecule has 0 saturated heterocycles. The number of hydrogen-bond acceptors (Lipinski definition) is 5. The molecule has 10 heteroatoms. The fourth-order valence-corrected chi connectivity index (χ4v) is 2.48. The average Bonchev–Trinajstić information content (AvgIpc) is 2.25. The molecule has 0 aliphatic heterocycles. The Labute approximate surface area is 119 Å². The van der Waals surface area contributed by atoms with Gasteiger partial charge in [-0.3, -0.25) is 10.1 Å². The number of nitro groups is 1. The zero-order valence-electron chi connectivity index (χ0n) is 9.60. The number of hydrogen-bond donors (Lipinski definition) is 2. The van der Waals surface area contributed by atoms with Crippen molar-refractivity contribution in [3.63, 3.8) is 0 Å². The number of rotatable bonds is 6. The van der Waals surface area contributed by atoms with Gasteiger partial charge in [-0.05, 0) is 6.42 Å². The van der Waals surface area contributed by atoms with E-state index in [9.17, 15) is 18.5 Å². The van der Waals surface area contributed by atoms with Crippen molar-refractivity contribution in [3.8, 4) is 0 Å². The average molecular weight is 328 g/mol. The van der Waals surface area contributed by atoms with Crippen LogP contribution in [0.15, 0.2) is 12.1 Å². The molecule has 0 radical (unpaired) electrons. The molecule has 3 N–H and O–H groups in total. The maximum Gasteiger partial charge on any atom is 0.272 e. The van der Waals surface area contributed by atoms with Crippen LogP contribution >= 0.6 is 23.2 Å². The van der Waals surface area contributed by atoms with Crippen molar-refractivity contribution in [1.29, 1.82) is 0 Å². The topological polar surface area (TPSA) is 115 Å². The van der Waals surface area contributed by atoms with Crippen LogP contribution in [-0.2, 0) is 10.0 Å². The van der Waals surface area contributed by atoms with E-state index in [-0.39, 0.29) is 34.5 Å². The fraction of sp³-hybridized carbons (Fsp3) is 0.333. The van der Waals surface area contributed by atoms with Crippen molar-refractivity contribution in [3.05, 3.63) is 32.3 Å². The highest BCUT2D eigenvalue weighted by Gasteiger charge is 2.14. The van der Waals surface area contributed by atoms with Crippen LogP contribution in [0.3, 0.4) is 0 Å². The number of anilines is 1. The quantitative estimate of drug-likeness (QED) is 0.471. The first-order valence-electron chi connectivity index (χ1n) is 5.08. The van der Waals surface area contributed by atoms with Gasteiger partial charge in [0.1, 0.15) is 0 Å². The lowest BCUT2D eigenvalue weighted by molar-refractivity contribution is -0.384. The third-order valence-electron chi connectivity index (χ3n) is 2.15. The van der Waals surface area contributed by atoms with E-state index in [1.807, 2.05) is 0 Å². The molecule has 0 saturated carbocycles. The van der Waals surface area contributed by atoms with Crippen LogP contribution in [0, 0.1) is 10.1 Å². The van der Waals surface area contributed by atoms with E-state index in [4.69, 9.17) is 28.3 Å². The van der Waals surface area contributed by atoms with E-state index in [0.717, 1.165) is 12.1 Å². The molecular formula is C9H11Cl2N3O4S. The van der Waals surface area contributed by atoms with Gasteiger partial charge in [-0.2, -0.15) is 0 Å². The molecular weight excluding hydrogens is 317 g/mol. The Morgan fingerprint density at radius 1 is 1.32 bits per heavy atom. The highest BCUT2D eigenvalue weighted by atomic mass is 35.5. The first-order valence-corrected chi connectivity index (χ1v) is 7.55. The highest BCUT2D eigenvalue weighted by molar-refractivity contribution is 7.89.